The molecule has 0 spiro atoms. The zero-order valence-electron chi connectivity index (χ0n) is 20.6. The summed E-state index contributed by atoms with van der Waals surface area (Å²) in [5, 5.41) is 86.2. The second kappa shape index (κ2) is 13.2. The van der Waals surface area contributed by atoms with E-state index in [1.807, 2.05) is 0 Å². The third-order valence-corrected chi connectivity index (χ3v) is 6.50. The summed E-state index contributed by atoms with van der Waals surface area (Å²) in [6.45, 7) is 0.344. The molecule has 38 heavy (non-hydrogen) atoms. The predicted molar refractivity (Wildman–Crippen MR) is 118 cm³/mol. The monoisotopic (exact) mass is 556 g/mol. The van der Waals surface area contributed by atoms with Gasteiger partial charge in [0.25, 0.3) is 0 Å². The lowest BCUT2D eigenvalue weighted by Gasteiger charge is -2.49. The van der Waals surface area contributed by atoms with E-state index < -0.39 is 118 Å². The molecule has 2 amide bonds. The second-order valence-corrected chi connectivity index (χ2v) is 9.36. The van der Waals surface area contributed by atoms with Crippen LogP contribution in [-0.4, -0.2) is 158 Å². The van der Waals surface area contributed by atoms with Gasteiger partial charge in [0.1, 0.15) is 67.0 Å². The van der Waals surface area contributed by atoms with Crippen molar-refractivity contribution in [2.75, 3.05) is 19.8 Å². The Balaban J connectivity index is 1.83. The zero-order valence-corrected chi connectivity index (χ0v) is 20.6. The van der Waals surface area contributed by atoms with E-state index in [0.717, 1.165) is 13.8 Å². The van der Waals surface area contributed by atoms with Gasteiger partial charge in [-0.2, -0.15) is 0 Å². The zero-order chi connectivity index (χ0) is 28.3. The predicted octanol–water partition coefficient (Wildman–Crippen LogP) is -6.65. The molecule has 0 bridgehead atoms. The molecule has 14 atom stereocenters. The van der Waals surface area contributed by atoms with Gasteiger partial charge in [0.2, 0.25) is 11.8 Å². The molecule has 17 nitrogen and oxygen atoms in total. The largest absolute Gasteiger partial charge is 0.394 e. The Morgan fingerprint density at radius 3 is 1.79 bits per heavy atom. The Hall–Kier alpha value is -1.58. The van der Waals surface area contributed by atoms with Crippen molar-refractivity contribution in [3.63, 3.8) is 0 Å². The van der Waals surface area contributed by atoms with Gasteiger partial charge in [0.15, 0.2) is 18.9 Å². The fraction of sp³-hybridized carbons (Fsp3) is 0.905. The lowest BCUT2D eigenvalue weighted by molar-refractivity contribution is -0.352. The average Bonchev–Trinajstić information content (AvgIpc) is 2.86. The SMILES string of the molecule is CC(=O)N[C@@H]1[C@@H](O)[C@H](O[C@@H]2O[C@H](CO)[C@@H](O[C@@H]3OC[C@@H](O)[C@H](O)[C@@H]3O)[C@H](O)[C@H]2NC(C)=O)[C@@H](CO)O[C@H]1O. The Bertz CT molecular complexity index is 807. The number of carbonyl (C=O) groups excluding carboxylic acids is 2. The molecular weight excluding hydrogens is 520 g/mol. The molecule has 3 saturated heterocycles. The van der Waals surface area contributed by atoms with E-state index in [4.69, 9.17) is 23.7 Å². The lowest BCUT2D eigenvalue weighted by Crippen LogP contribution is -2.70. The topological polar surface area (TPSA) is 266 Å². The van der Waals surface area contributed by atoms with Crippen LogP contribution < -0.4 is 10.6 Å². The van der Waals surface area contributed by atoms with Crippen LogP contribution in [0.2, 0.25) is 0 Å². The summed E-state index contributed by atoms with van der Waals surface area (Å²) in [4.78, 5) is 23.5. The minimum atomic E-state index is -1.73. The molecule has 3 heterocycles. The highest BCUT2D eigenvalue weighted by Crippen LogP contribution is 2.31. The average molecular weight is 557 g/mol. The van der Waals surface area contributed by atoms with E-state index in [-0.39, 0.29) is 0 Å². The fourth-order valence-electron chi connectivity index (χ4n) is 4.59. The van der Waals surface area contributed by atoms with Crippen molar-refractivity contribution in [3.05, 3.63) is 0 Å². The Labute approximate surface area is 216 Å². The van der Waals surface area contributed by atoms with Crippen LogP contribution in [0.4, 0.5) is 0 Å². The molecule has 3 aliphatic rings. The number of rotatable bonds is 8. The van der Waals surface area contributed by atoms with Gasteiger partial charge < -0.3 is 75.2 Å². The van der Waals surface area contributed by atoms with Crippen LogP contribution in [0.15, 0.2) is 0 Å². The summed E-state index contributed by atoms with van der Waals surface area (Å²) in [6, 6.07) is -2.79. The van der Waals surface area contributed by atoms with Gasteiger partial charge in [-0.3, -0.25) is 9.59 Å². The number of hydrogen-bond donors (Lipinski definition) is 10. The highest BCUT2D eigenvalue weighted by Gasteiger charge is 2.53. The van der Waals surface area contributed by atoms with Gasteiger partial charge in [0.05, 0.1) is 19.8 Å². The van der Waals surface area contributed by atoms with Crippen LogP contribution in [0.25, 0.3) is 0 Å². The molecule has 17 heteroatoms. The first-order valence-corrected chi connectivity index (χ1v) is 12.0. The van der Waals surface area contributed by atoms with E-state index in [0.29, 0.717) is 0 Å². The van der Waals surface area contributed by atoms with E-state index in [1.165, 1.54) is 0 Å². The first kappa shape index (κ1) is 31.0. The molecule has 0 aromatic carbocycles. The molecular formula is C21H36N2O15. The molecule has 0 aliphatic carbocycles. The van der Waals surface area contributed by atoms with Crippen molar-refractivity contribution in [1.29, 1.82) is 0 Å². The van der Waals surface area contributed by atoms with E-state index in [9.17, 15) is 50.4 Å². The normalized spacial score (nSPS) is 45.8. The van der Waals surface area contributed by atoms with Crippen molar-refractivity contribution < 1.29 is 74.1 Å². The van der Waals surface area contributed by atoms with E-state index >= 15 is 0 Å². The first-order chi connectivity index (χ1) is 17.9. The third kappa shape index (κ3) is 6.76. The number of nitrogens with one attached hydrogen (secondary N) is 2. The molecule has 3 rings (SSSR count). The van der Waals surface area contributed by atoms with Crippen LogP contribution in [0.3, 0.4) is 0 Å². The number of aliphatic hydroxyl groups is 8. The Morgan fingerprint density at radius 2 is 1.24 bits per heavy atom. The van der Waals surface area contributed by atoms with Crippen LogP contribution in [0, 0.1) is 0 Å². The summed E-state index contributed by atoms with van der Waals surface area (Å²) in [5.41, 5.74) is 0. The van der Waals surface area contributed by atoms with Gasteiger partial charge in [0, 0.05) is 13.8 Å². The maximum absolute atomic E-state index is 11.9. The van der Waals surface area contributed by atoms with Crippen molar-refractivity contribution >= 4 is 11.8 Å². The standard InChI is InChI=1S/C21H36N2O15/c1-6(26)22-11-14(30)17(9(3-24)35-19(11)33)37-20-12(23-7(2)27)15(31)18(10(4-25)36-20)38-21-16(32)13(29)8(28)5-34-21/h8-21,24-25,28-33H,3-5H2,1-2H3,(H,22,26)(H,23,27)/t8-,9-,10-,11-,12-,13+,14-,15-,16+,17-,18-,19-,20+,21+/m1/s1. The molecule has 3 fully saturated rings. The molecule has 0 radical (unpaired) electrons. The maximum Gasteiger partial charge on any atom is 0.217 e. The number of ether oxygens (including phenoxy) is 5. The summed E-state index contributed by atoms with van der Waals surface area (Å²) in [5.74, 6) is -1.26. The minimum Gasteiger partial charge on any atom is -0.394 e. The Kier molecular flexibility index (Phi) is 10.7. The van der Waals surface area contributed by atoms with Crippen molar-refractivity contribution in [3.8, 4) is 0 Å². The van der Waals surface area contributed by atoms with E-state index in [1.54, 1.807) is 0 Å². The van der Waals surface area contributed by atoms with Crippen LogP contribution in [-0.2, 0) is 33.3 Å². The smallest absolute Gasteiger partial charge is 0.217 e. The number of amides is 2. The van der Waals surface area contributed by atoms with Gasteiger partial charge in [-0.25, -0.2) is 0 Å². The highest BCUT2D eigenvalue weighted by atomic mass is 16.7. The summed E-state index contributed by atoms with van der Waals surface area (Å²) < 4.78 is 27.6. The van der Waals surface area contributed by atoms with Gasteiger partial charge >= 0.3 is 0 Å². The number of aliphatic hydroxyl groups excluding tert-OH is 8. The van der Waals surface area contributed by atoms with Crippen LogP contribution in [0.1, 0.15) is 13.8 Å². The summed E-state index contributed by atoms with van der Waals surface area (Å²) >= 11 is 0. The third-order valence-electron chi connectivity index (χ3n) is 6.50. The first-order valence-electron chi connectivity index (χ1n) is 12.0. The van der Waals surface area contributed by atoms with Crippen molar-refractivity contribution in [1.82, 2.24) is 10.6 Å². The fourth-order valence-corrected chi connectivity index (χ4v) is 4.59. The Morgan fingerprint density at radius 1 is 0.737 bits per heavy atom. The van der Waals surface area contributed by atoms with Crippen LogP contribution >= 0.6 is 0 Å². The molecule has 0 saturated carbocycles. The minimum absolute atomic E-state index is 0.402. The summed E-state index contributed by atoms with van der Waals surface area (Å²) in [6.07, 6.45) is -18.6. The highest BCUT2D eigenvalue weighted by molar-refractivity contribution is 5.73. The van der Waals surface area contributed by atoms with Crippen molar-refractivity contribution in [2.24, 2.45) is 0 Å². The second-order valence-electron chi connectivity index (χ2n) is 9.36. The molecule has 0 unspecified atom stereocenters. The molecule has 10 N–H and O–H groups in total. The molecule has 3 aliphatic heterocycles. The molecule has 220 valence electrons. The number of hydrogen-bond acceptors (Lipinski definition) is 15. The van der Waals surface area contributed by atoms with Gasteiger partial charge in [-0.15, -0.1) is 0 Å². The lowest BCUT2D eigenvalue weighted by atomic mass is 9.94. The van der Waals surface area contributed by atoms with Crippen LogP contribution in [0.5, 0.6) is 0 Å². The van der Waals surface area contributed by atoms with Gasteiger partial charge in [-0.1, -0.05) is 0 Å². The molecule has 0 aromatic heterocycles. The quantitative estimate of drug-likeness (QED) is 0.133. The number of carbonyl (C=O) groups is 2. The van der Waals surface area contributed by atoms with Crippen molar-refractivity contribution in [2.45, 2.75) is 99.7 Å². The summed E-state index contributed by atoms with van der Waals surface area (Å²) in [7, 11) is 0. The van der Waals surface area contributed by atoms with E-state index in [2.05, 4.69) is 10.6 Å². The molecule has 0 aromatic rings. The van der Waals surface area contributed by atoms with Gasteiger partial charge in [-0.05, 0) is 0 Å². The maximum atomic E-state index is 11.9.